The molecule has 2 aromatic rings. The fraction of sp³-hybridized carbons (Fsp3) is 0.739. The molecule has 0 unspecified atom stereocenters. The predicted octanol–water partition coefficient (Wildman–Crippen LogP) is 1.62. The second-order valence-corrected chi connectivity index (χ2v) is 9.73. The molecule has 35 heavy (non-hydrogen) atoms. The summed E-state index contributed by atoms with van der Waals surface area (Å²) in [5, 5.41) is 0. The van der Waals surface area contributed by atoms with E-state index in [0.29, 0.717) is 0 Å². The number of aryl methyl sites for hydroxylation is 4. The molecular weight excluding hydrogens is 505 g/mol. The standard InChI is InChI=1S/C12H23N2.C10H19N2.CHF3O3S.ClH/c1-3-4-5-6-7-8-9-14-11-10-13(2)12-14;1-3-4-5-6-7-12-9-8-11(2)10-12;2-1(3,4)8(5,6)7;/h10-12H,3-9H2,1-2H3;8-10H,3-7H2,1-2H3;(H,5,6,7);1H/q2*+1;;/p-2. The van der Waals surface area contributed by atoms with Crippen LogP contribution in [0.5, 0.6) is 0 Å². The van der Waals surface area contributed by atoms with Crippen molar-refractivity contribution in [1.82, 2.24) is 9.13 Å². The fourth-order valence-corrected chi connectivity index (χ4v) is 3.06. The van der Waals surface area contributed by atoms with Gasteiger partial charge in [0, 0.05) is 0 Å². The lowest BCUT2D eigenvalue weighted by molar-refractivity contribution is -0.671. The van der Waals surface area contributed by atoms with Crippen LogP contribution in [-0.2, 0) is 37.3 Å². The Morgan fingerprint density at radius 2 is 1.06 bits per heavy atom. The molecule has 0 N–H and O–H groups in total. The van der Waals surface area contributed by atoms with Gasteiger partial charge in [0.15, 0.2) is 10.1 Å². The highest BCUT2D eigenvalue weighted by molar-refractivity contribution is 7.86. The first-order valence-corrected chi connectivity index (χ1v) is 13.4. The predicted molar refractivity (Wildman–Crippen MR) is 124 cm³/mol. The molecule has 0 aromatic carbocycles. The topological polar surface area (TPSA) is 74.8 Å². The Kier molecular flexibility index (Phi) is 19.9. The van der Waals surface area contributed by atoms with Crippen LogP contribution in [0.3, 0.4) is 0 Å². The largest absolute Gasteiger partial charge is 1.00 e. The highest BCUT2D eigenvalue weighted by Gasteiger charge is 2.36. The summed E-state index contributed by atoms with van der Waals surface area (Å²) in [4.78, 5) is 0. The zero-order chi connectivity index (χ0) is 26.0. The zero-order valence-electron chi connectivity index (χ0n) is 21.4. The van der Waals surface area contributed by atoms with E-state index in [1.54, 1.807) is 0 Å². The van der Waals surface area contributed by atoms with Gasteiger partial charge in [0.05, 0.1) is 27.2 Å². The number of hydrogen-bond acceptors (Lipinski definition) is 3. The Labute approximate surface area is 215 Å². The maximum Gasteiger partial charge on any atom is 0.485 e. The van der Waals surface area contributed by atoms with Gasteiger partial charge in [-0.3, -0.25) is 0 Å². The molecule has 0 spiro atoms. The van der Waals surface area contributed by atoms with Crippen molar-refractivity contribution in [3.05, 3.63) is 37.4 Å². The number of nitrogens with zero attached hydrogens (tertiary/aromatic N) is 4. The van der Waals surface area contributed by atoms with Gasteiger partial charge in [0.25, 0.3) is 0 Å². The van der Waals surface area contributed by atoms with Gasteiger partial charge in [0.1, 0.15) is 24.8 Å². The number of unbranched alkanes of at least 4 members (excludes halogenated alkanes) is 8. The summed E-state index contributed by atoms with van der Waals surface area (Å²) in [6, 6.07) is 0. The second-order valence-electron chi connectivity index (χ2n) is 8.36. The maximum absolute atomic E-state index is 10.7. The average molecular weight is 547 g/mol. The van der Waals surface area contributed by atoms with Crippen molar-refractivity contribution < 1.29 is 47.7 Å². The smallest absolute Gasteiger partial charge is 0.485 e. The van der Waals surface area contributed by atoms with E-state index in [1.807, 2.05) is 0 Å². The third-order valence-electron chi connectivity index (χ3n) is 4.97. The molecular formula is C23H42ClF3N4O3S. The minimum atomic E-state index is -6.09. The molecule has 0 aliphatic heterocycles. The van der Waals surface area contributed by atoms with Gasteiger partial charge in [0.2, 0.25) is 12.7 Å². The molecule has 0 saturated heterocycles. The van der Waals surface area contributed by atoms with Gasteiger partial charge in [-0.2, -0.15) is 13.2 Å². The molecule has 12 heteroatoms. The van der Waals surface area contributed by atoms with Gasteiger partial charge in [-0.15, -0.1) is 0 Å². The molecule has 0 bridgehead atoms. The Hall–Kier alpha value is -1.59. The van der Waals surface area contributed by atoms with Gasteiger partial charge >= 0.3 is 5.51 Å². The fourth-order valence-electron chi connectivity index (χ4n) is 3.06. The van der Waals surface area contributed by atoms with Crippen molar-refractivity contribution in [2.24, 2.45) is 14.1 Å². The molecule has 0 amide bonds. The minimum Gasteiger partial charge on any atom is -1.00 e. The Balaban J connectivity index is 0. The molecule has 7 nitrogen and oxygen atoms in total. The summed E-state index contributed by atoms with van der Waals surface area (Å²) < 4.78 is 67.6. The second kappa shape index (κ2) is 19.6. The van der Waals surface area contributed by atoms with Crippen LogP contribution < -0.4 is 21.5 Å². The molecule has 0 saturated carbocycles. The van der Waals surface area contributed by atoms with Crippen molar-refractivity contribution in [3.8, 4) is 0 Å². The Bertz CT molecular complexity index is 871. The van der Waals surface area contributed by atoms with E-state index in [-0.39, 0.29) is 12.4 Å². The van der Waals surface area contributed by atoms with E-state index in [9.17, 15) is 13.2 Å². The number of hydrogen-bond donors (Lipinski definition) is 0. The first-order chi connectivity index (χ1) is 15.9. The molecule has 0 aliphatic rings. The first kappa shape index (κ1) is 35.6. The zero-order valence-corrected chi connectivity index (χ0v) is 23.0. The van der Waals surface area contributed by atoms with E-state index in [1.165, 1.54) is 77.3 Å². The third-order valence-corrected chi connectivity index (χ3v) is 5.54. The van der Waals surface area contributed by atoms with Crippen LogP contribution in [0.4, 0.5) is 13.2 Å². The van der Waals surface area contributed by atoms with Crippen LogP contribution >= 0.6 is 0 Å². The van der Waals surface area contributed by atoms with E-state index >= 15 is 0 Å². The molecule has 0 fully saturated rings. The van der Waals surface area contributed by atoms with Crippen LogP contribution in [0.1, 0.15) is 78.1 Å². The van der Waals surface area contributed by atoms with Crippen molar-refractivity contribution >= 4 is 10.1 Å². The van der Waals surface area contributed by atoms with Crippen LogP contribution in [0.25, 0.3) is 0 Å². The van der Waals surface area contributed by atoms with Crippen LogP contribution in [0, 0.1) is 0 Å². The normalized spacial score (nSPS) is 11.1. The SMILES string of the molecule is CCCCCCCCn1cc[n+](C)c1.CCCCCCn1cc[n+](C)c1.O=S(=O)([O-])C(F)(F)F.[Cl-]. The van der Waals surface area contributed by atoms with E-state index in [4.69, 9.17) is 13.0 Å². The van der Waals surface area contributed by atoms with Gasteiger partial charge in [-0.1, -0.05) is 52.4 Å². The summed E-state index contributed by atoms with van der Waals surface area (Å²) >= 11 is 0. The number of halogens is 4. The van der Waals surface area contributed by atoms with Crippen LogP contribution in [-0.4, -0.2) is 27.6 Å². The summed E-state index contributed by atoms with van der Waals surface area (Å²) in [7, 11) is -1.96. The lowest BCUT2D eigenvalue weighted by atomic mass is 10.1. The third kappa shape index (κ3) is 19.3. The van der Waals surface area contributed by atoms with Crippen molar-refractivity contribution in [2.75, 3.05) is 0 Å². The van der Waals surface area contributed by atoms with Gasteiger partial charge < -0.3 is 17.0 Å². The molecule has 206 valence electrons. The lowest BCUT2D eigenvalue weighted by Crippen LogP contribution is -3.00. The molecule has 0 atom stereocenters. The van der Waals surface area contributed by atoms with Crippen molar-refractivity contribution in [3.63, 3.8) is 0 Å². The van der Waals surface area contributed by atoms with Gasteiger partial charge in [-0.25, -0.2) is 26.7 Å². The average Bonchev–Trinajstić information content (AvgIpc) is 3.35. The number of imidazole rings is 2. The molecule has 0 radical (unpaired) electrons. The molecule has 2 heterocycles. The number of rotatable bonds is 12. The summed E-state index contributed by atoms with van der Waals surface area (Å²) in [5.41, 5.74) is -5.65. The van der Waals surface area contributed by atoms with Crippen LogP contribution in [0.2, 0.25) is 0 Å². The monoisotopic (exact) mass is 546 g/mol. The summed E-state index contributed by atoms with van der Waals surface area (Å²) in [5.74, 6) is 0. The summed E-state index contributed by atoms with van der Waals surface area (Å²) in [6.07, 6.45) is 26.3. The van der Waals surface area contributed by atoms with E-state index < -0.39 is 15.6 Å². The lowest BCUT2D eigenvalue weighted by Gasteiger charge is -2.08. The highest BCUT2D eigenvalue weighted by atomic mass is 35.5. The first-order valence-electron chi connectivity index (χ1n) is 11.9. The van der Waals surface area contributed by atoms with E-state index in [2.05, 4.69) is 83.7 Å². The minimum absolute atomic E-state index is 0. The molecule has 0 aliphatic carbocycles. The van der Waals surface area contributed by atoms with Crippen molar-refractivity contribution in [2.45, 2.75) is 96.7 Å². The Morgan fingerprint density at radius 3 is 1.34 bits per heavy atom. The Morgan fingerprint density at radius 1 is 0.743 bits per heavy atom. The molecule has 2 aromatic heterocycles. The maximum atomic E-state index is 10.7. The number of aromatic nitrogens is 4. The van der Waals surface area contributed by atoms with Crippen molar-refractivity contribution in [1.29, 1.82) is 0 Å². The quantitative estimate of drug-likeness (QED) is 0.176. The molecule has 2 rings (SSSR count). The number of alkyl halides is 3. The van der Waals surface area contributed by atoms with E-state index in [0.717, 1.165) is 0 Å². The van der Waals surface area contributed by atoms with Crippen LogP contribution in [0.15, 0.2) is 37.4 Å². The van der Waals surface area contributed by atoms with Gasteiger partial charge in [-0.05, 0) is 25.7 Å². The summed E-state index contributed by atoms with van der Waals surface area (Å²) in [6.45, 7) is 6.85. The highest BCUT2D eigenvalue weighted by Crippen LogP contribution is 2.20.